The van der Waals surface area contributed by atoms with Crippen molar-refractivity contribution in [3.63, 3.8) is 0 Å². The molecule has 0 saturated carbocycles. The fraction of sp³-hybridized carbons (Fsp3) is 0.125. The first-order valence-electron chi connectivity index (χ1n) is 3.78. The van der Waals surface area contributed by atoms with Crippen LogP contribution in [0, 0.1) is 0 Å². The highest BCUT2D eigenvalue weighted by molar-refractivity contribution is 7.98. The smallest absolute Gasteiger partial charge is 0.372 e. The zero-order valence-electron chi connectivity index (χ0n) is 7.23. The third kappa shape index (κ3) is 1.44. The molecule has 2 heterocycles. The Morgan fingerprint density at radius 2 is 2.29 bits per heavy atom. The molecule has 72 valence electrons. The summed E-state index contributed by atoms with van der Waals surface area (Å²) in [6.07, 6.45) is 3.29. The van der Waals surface area contributed by atoms with Gasteiger partial charge >= 0.3 is 11.4 Å². The number of fused-ring (bicyclic) bond motifs is 1. The number of aromatic nitrogens is 2. The summed E-state index contributed by atoms with van der Waals surface area (Å²) in [7, 11) is 0. The normalized spacial score (nSPS) is 10.6. The summed E-state index contributed by atoms with van der Waals surface area (Å²) in [5.74, 6) is -0.763. The van der Waals surface area contributed by atoms with Gasteiger partial charge in [-0.2, -0.15) is 0 Å². The van der Waals surface area contributed by atoms with Crippen molar-refractivity contribution in [1.82, 2.24) is 9.97 Å². The van der Waals surface area contributed by atoms with E-state index >= 15 is 0 Å². The van der Waals surface area contributed by atoms with Crippen LogP contribution in [-0.2, 0) is 0 Å². The Labute approximate surface area is 82.2 Å². The molecule has 0 aliphatic heterocycles. The van der Waals surface area contributed by atoms with Gasteiger partial charge in [0.25, 0.3) is 0 Å². The zero-order valence-corrected chi connectivity index (χ0v) is 8.05. The van der Waals surface area contributed by atoms with E-state index in [1.807, 2.05) is 6.26 Å². The molecule has 0 spiro atoms. The Morgan fingerprint density at radius 3 is 3.00 bits per heavy atom. The number of rotatable bonds is 1. The van der Waals surface area contributed by atoms with Gasteiger partial charge in [0.2, 0.25) is 0 Å². The monoisotopic (exact) mass is 210 g/mol. The highest BCUT2D eigenvalue weighted by Crippen LogP contribution is 2.13. The molecule has 0 atom stereocenters. The first kappa shape index (κ1) is 9.01. The summed E-state index contributed by atoms with van der Waals surface area (Å²) in [6.45, 7) is 0. The van der Waals surface area contributed by atoms with Crippen LogP contribution in [0.25, 0.3) is 10.9 Å². The fourth-order valence-corrected chi connectivity index (χ4v) is 1.48. The van der Waals surface area contributed by atoms with Gasteiger partial charge in [0.1, 0.15) is 0 Å². The second kappa shape index (κ2) is 3.30. The van der Waals surface area contributed by atoms with Crippen LogP contribution in [0.3, 0.4) is 0 Å². The molecule has 0 fully saturated rings. The maximum atomic E-state index is 11.2. The van der Waals surface area contributed by atoms with Gasteiger partial charge in [-0.1, -0.05) is 0 Å². The van der Waals surface area contributed by atoms with Gasteiger partial charge in [-0.05, 0) is 12.3 Å². The van der Waals surface area contributed by atoms with Gasteiger partial charge in [0.05, 0.1) is 22.1 Å². The van der Waals surface area contributed by atoms with Crippen molar-refractivity contribution < 1.29 is 4.42 Å². The topological polar surface area (TPSA) is 76.0 Å². The van der Waals surface area contributed by atoms with Crippen molar-refractivity contribution in [3.05, 3.63) is 33.2 Å². The average Bonchev–Trinajstić information content (AvgIpc) is 2.17. The molecule has 1 N–H and O–H groups in total. The second-order valence-corrected chi connectivity index (χ2v) is 3.40. The highest BCUT2D eigenvalue weighted by Gasteiger charge is 2.03. The lowest BCUT2D eigenvalue weighted by Crippen LogP contribution is -2.14. The number of hydrogen-bond donors (Lipinski definition) is 1. The van der Waals surface area contributed by atoms with Crippen LogP contribution in [-0.4, -0.2) is 16.2 Å². The molecule has 5 nitrogen and oxygen atoms in total. The molecule has 0 unspecified atom stereocenters. The van der Waals surface area contributed by atoms with E-state index in [1.54, 1.807) is 6.07 Å². The summed E-state index contributed by atoms with van der Waals surface area (Å²) < 4.78 is 4.39. The maximum Gasteiger partial charge on any atom is 0.419 e. The maximum absolute atomic E-state index is 11.2. The first-order valence-corrected chi connectivity index (χ1v) is 5.00. The first-order chi connectivity index (χ1) is 6.70. The molecular weight excluding hydrogens is 204 g/mol. The number of pyridine rings is 1. The molecule has 0 bridgehead atoms. The third-order valence-electron chi connectivity index (χ3n) is 1.73. The van der Waals surface area contributed by atoms with Gasteiger partial charge < -0.3 is 4.42 Å². The Bertz CT molecular complexity index is 587. The van der Waals surface area contributed by atoms with E-state index in [2.05, 4.69) is 14.4 Å². The van der Waals surface area contributed by atoms with Crippen molar-refractivity contribution in [3.8, 4) is 0 Å². The van der Waals surface area contributed by atoms with Crippen molar-refractivity contribution in [2.24, 2.45) is 0 Å². The largest absolute Gasteiger partial charge is 0.419 e. The number of aromatic amines is 1. The second-order valence-electron chi connectivity index (χ2n) is 2.57. The molecule has 0 saturated heterocycles. The summed E-state index contributed by atoms with van der Waals surface area (Å²) in [5.41, 5.74) is -0.245. The minimum absolute atomic E-state index is 0.337. The fourth-order valence-electron chi connectivity index (χ4n) is 1.09. The minimum Gasteiger partial charge on any atom is -0.372 e. The van der Waals surface area contributed by atoms with Crippen LogP contribution in [0.1, 0.15) is 0 Å². The number of hydrogen-bond acceptors (Lipinski definition) is 5. The Balaban J connectivity index is 2.89. The predicted molar refractivity (Wildman–Crippen MR) is 52.7 cm³/mol. The van der Waals surface area contributed by atoms with E-state index in [9.17, 15) is 9.59 Å². The van der Waals surface area contributed by atoms with Gasteiger partial charge in [0.15, 0.2) is 0 Å². The Hall–Kier alpha value is -1.56. The molecular formula is C8H6N2O3S. The summed E-state index contributed by atoms with van der Waals surface area (Å²) in [4.78, 5) is 28.5. The number of nitrogens with one attached hydrogen (secondary N) is 1. The van der Waals surface area contributed by atoms with Crippen LogP contribution in [0.4, 0.5) is 0 Å². The lowest BCUT2D eigenvalue weighted by molar-refractivity contribution is 0.459. The molecule has 6 heteroatoms. The minimum atomic E-state index is -0.763. The Morgan fingerprint density at radius 1 is 1.50 bits per heavy atom. The number of H-pyrrole nitrogens is 1. The van der Waals surface area contributed by atoms with Gasteiger partial charge in [-0.15, -0.1) is 11.8 Å². The van der Waals surface area contributed by atoms with Crippen LogP contribution < -0.4 is 11.4 Å². The molecule has 2 rings (SSSR count). The third-order valence-corrected chi connectivity index (χ3v) is 2.37. The molecule has 2 aromatic rings. The highest BCUT2D eigenvalue weighted by atomic mass is 32.2. The summed E-state index contributed by atoms with van der Waals surface area (Å²) in [5, 5.41) is 1.04. The lowest BCUT2D eigenvalue weighted by atomic mass is 10.3. The van der Waals surface area contributed by atoms with Gasteiger partial charge in [-0.3, -0.25) is 4.98 Å². The van der Waals surface area contributed by atoms with E-state index in [4.69, 9.17) is 0 Å². The van der Waals surface area contributed by atoms with Crippen molar-refractivity contribution in [2.45, 2.75) is 5.03 Å². The van der Waals surface area contributed by atoms with Crippen LogP contribution in [0.5, 0.6) is 0 Å². The summed E-state index contributed by atoms with van der Waals surface area (Å²) >= 11 is 1.41. The molecule has 0 amide bonds. The predicted octanol–water partition coefficient (Wildman–Crippen LogP) is 0.598. The standard InChI is InChI=1S/C8H6N2O3S/c1-14-6-2-4-5(3-9-6)10-8(12)13-7(4)11/h2-3H,1H3,(H,10,12). The van der Waals surface area contributed by atoms with Crippen LogP contribution >= 0.6 is 11.8 Å². The molecule has 14 heavy (non-hydrogen) atoms. The average molecular weight is 210 g/mol. The Kier molecular flexibility index (Phi) is 2.12. The molecule has 0 aromatic carbocycles. The quantitative estimate of drug-likeness (QED) is 0.697. The van der Waals surface area contributed by atoms with Crippen molar-refractivity contribution in [2.75, 3.05) is 6.26 Å². The SMILES string of the molecule is CSc1cc2c(=O)oc(=O)[nH]c2cn1. The van der Waals surface area contributed by atoms with E-state index < -0.39 is 11.4 Å². The summed E-state index contributed by atoms with van der Waals surface area (Å²) in [6, 6.07) is 1.59. The van der Waals surface area contributed by atoms with Crippen molar-refractivity contribution in [1.29, 1.82) is 0 Å². The van der Waals surface area contributed by atoms with Gasteiger partial charge in [0, 0.05) is 0 Å². The van der Waals surface area contributed by atoms with Crippen LogP contribution in [0.15, 0.2) is 31.3 Å². The van der Waals surface area contributed by atoms with E-state index in [-0.39, 0.29) is 0 Å². The number of nitrogens with zero attached hydrogens (tertiary/aromatic N) is 1. The van der Waals surface area contributed by atoms with E-state index in [0.29, 0.717) is 15.9 Å². The van der Waals surface area contributed by atoms with Crippen LogP contribution in [0.2, 0.25) is 0 Å². The molecule has 2 aromatic heterocycles. The molecule has 0 radical (unpaired) electrons. The molecule has 0 aliphatic rings. The van der Waals surface area contributed by atoms with Crippen molar-refractivity contribution >= 4 is 22.7 Å². The lowest BCUT2D eigenvalue weighted by Gasteiger charge is -1.96. The van der Waals surface area contributed by atoms with Gasteiger partial charge in [-0.25, -0.2) is 14.6 Å². The number of thioether (sulfide) groups is 1. The zero-order chi connectivity index (χ0) is 10.1. The van der Waals surface area contributed by atoms with E-state index in [1.165, 1.54) is 18.0 Å². The van der Waals surface area contributed by atoms with E-state index in [0.717, 1.165) is 0 Å². The molecule has 0 aliphatic carbocycles.